The van der Waals surface area contributed by atoms with Gasteiger partial charge in [-0.3, -0.25) is 0 Å². The van der Waals surface area contributed by atoms with Crippen molar-refractivity contribution in [3.8, 4) is 17.1 Å². The van der Waals surface area contributed by atoms with Crippen LogP contribution in [0.5, 0.6) is 5.75 Å². The maximum atomic E-state index is 9.93. The summed E-state index contributed by atoms with van der Waals surface area (Å²) in [5, 5.41) is 10.9. The Hall–Kier alpha value is -1.26. The van der Waals surface area contributed by atoms with Crippen molar-refractivity contribution in [2.75, 3.05) is 0 Å². The van der Waals surface area contributed by atoms with E-state index >= 15 is 0 Å². The Morgan fingerprint density at radius 2 is 1.61 bits per heavy atom. The molecule has 0 aliphatic heterocycles. The molecular formula is C14H8Br2O2. The predicted octanol–water partition coefficient (Wildman–Crippen LogP) is 5.33. The third-order valence-electron chi connectivity index (χ3n) is 2.70. The molecule has 0 fully saturated rings. The van der Waals surface area contributed by atoms with Crippen LogP contribution in [0.15, 0.2) is 55.8 Å². The molecule has 2 aromatic carbocycles. The standard InChI is InChI=1S/C14H8Br2O2/c15-9-2-4-13-8(5-9)6-14(18-13)11-3-1-10(16)7-12(11)17/h1-7,17H. The van der Waals surface area contributed by atoms with Gasteiger partial charge in [-0.15, -0.1) is 0 Å². The molecule has 0 aliphatic carbocycles. The van der Waals surface area contributed by atoms with Crippen molar-refractivity contribution in [2.24, 2.45) is 0 Å². The fraction of sp³-hybridized carbons (Fsp3) is 0. The molecule has 1 aromatic heterocycles. The molecular weight excluding hydrogens is 360 g/mol. The van der Waals surface area contributed by atoms with Crippen molar-refractivity contribution in [1.82, 2.24) is 0 Å². The van der Waals surface area contributed by atoms with Crippen LogP contribution in [-0.4, -0.2) is 5.11 Å². The summed E-state index contributed by atoms with van der Waals surface area (Å²) >= 11 is 6.74. The summed E-state index contributed by atoms with van der Waals surface area (Å²) in [6, 6.07) is 13.1. The van der Waals surface area contributed by atoms with Gasteiger partial charge in [0.1, 0.15) is 17.1 Å². The zero-order valence-electron chi connectivity index (χ0n) is 9.15. The minimum absolute atomic E-state index is 0.197. The fourth-order valence-electron chi connectivity index (χ4n) is 1.86. The van der Waals surface area contributed by atoms with E-state index < -0.39 is 0 Å². The molecule has 0 bridgehead atoms. The normalized spacial score (nSPS) is 11.0. The van der Waals surface area contributed by atoms with Gasteiger partial charge >= 0.3 is 0 Å². The highest BCUT2D eigenvalue weighted by Gasteiger charge is 2.10. The Labute approximate surface area is 120 Å². The highest BCUT2D eigenvalue weighted by molar-refractivity contribution is 9.10. The Morgan fingerprint density at radius 3 is 2.39 bits per heavy atom. The predicted molar refractivity (Wildman–Crippen MR) is 78.7 cm³/mol. The monoisotopic (exact) mass is 366 g/mol. The van der Waals surface area contributed by atoms with Crippen LogP contribution in [0, 0.1) is 0 Å². The smallest absolute Gasteiger partial charge is 0.139 e. The van der Waals surface area contributed by atoms with Crippen molar-refractivity contribution >= 4 is 42.8 Å². The first kappa shape index (κ1) is 11.8. The van der Waals surface area contributed by atoms with Gasteiger partial charge in [0, 0.05) is 14.3 Å². The molecule has 0 atom stereocenters. The average molecular weight is 368 g/mol. The Morgan fingerprint density at radius 1 is 0.889 bits per heavy atom. The minimum Gasteiger partial charge on any atom is -0.507 e. The second kappa shape index (κ2) is 4.44. The van der Waals surface area contributed by atoms with Crippen molar-refractivity contribution < 1.29 is 9.52 Å². The maximum Gasteiger partial charge on any atom is 0.139 e. The number of benzene rings is 2. The van der Waals surface area contributed by atoms with Gasteiger partial charge in [-0.05, 0) is 42.5 Å². The van der Waals surface area contributed by atoms with E-state index in [1.807, 2.05) is 36.4 Å². The Balaban J connectivity index is 2.19. The van der Waals surface area contributed by atoms with Gasteiger partial charge in [0.05, 0.1) is 5.56 Å². The molecule has 1 N–H and O–H groups in total. The number of halogens is 2. The molecule has 90 valence electrons. The summed E-state index contributed by atoms with van der Waals surface area (Å²) in [5.74, 6) is 0.857. The lowest BCUT2D eigenvalue weighted by Gasteiger charge is -2.00. The topological polar surface area (TPSA) is 33.4 Å². The highest BCUT2D eigenvalue weighted by Crippen LogP contribution is 2.35. The van der Waals surface area contributed by atoms with Gasteiger partial charge in [0.25, 0.3) is 0 Å². The molecule has 0 spiro atoms. The highest BCUT2D eigenvalue weighted by atomic mass is 79.9. The minimum atomic E-state index is 0.197. The molecule has 0 amide bonds. The largest absolute Gasteiger partial charge is 0.507 e. The lowest BCUT2D eigenvalue weighted by molar-refractivity contribution is 0.474. The first-order chi connectivity index (χ1) is 8.63. The molecule has 3 aromatic rings. The number of aromatic hydroxyl groups is 1. The quantitative estimate of drug-likeness (QED) is 0.630. The van der Waals surface area contributed by atoms with Crippen LogP contribution in [0.1, 0.15) is 0 Å². The average Bonchev–Trinajstić information content (AvgIpc) is 2.71. The first-order valence-electron chi connectivity index (χ1n) is 5.31. The summed E-state index contributed by atoms with van der Waals surface area (Å²) in [5.41, 5.74) is 1.49. The second-order valence-electron chi connectivity index (χ2n) is 3.95. The van der Waals surface area contributed by atoms with Crippen molar-refractivity contribution in [3.63, 3.8) is 0 Å². The number of phenolic OH excluding ortho intramolecular Hbond substituents is 1. The number of furan rings is 1. The van der Waals surface area contributed by atoms with E-state index in [2.05, 4.69) is 31.9 Å². The fourth-order valence-corrected chi connectivity index (χ4v) is 2.59. The summed E-state index contributed by atoms with van der Waals surface area (Å²) in [7, 11) is 0. The molecule has 3 rings (SSSR count). The molecule has 2 nitrogen and oxygen atoms in total. The molecule has 0 saturated carbocycles. The van der Waals surface area contributed by atoms with E-state index in [-0.39, 0.29) is 5.75 Å². The Bertz CT molecular complexity index is 732. The molecule has 0 aliphatic rings. The van der Waals surface area contributed by atoms with Gasteiger partial charge in [-0.2, -0.15) is 0 Å². The van der Waals surface area contributed by atoms with Crippen molar-refractivity contribution in [1.29, 1.82) is 0 Å². The number of hydrogen-bond donors (Lipinski definition) is 1. The van der Waals surface area contributed by atoms with Crippen LogP contribution in [0.2, 0.25) is 0 Å². The van der Waals surface area contributed by atoms with E-state index in [1.54, 1.807) is 6.07 Å². The molecule has 0 radical (unpaired) electrons. The van der Waals surface area contributed by atoms with Crippen molar-refractivity contribution in [2.45, 2.75) is 0 Å². The van der Waals surface area contributed by atoms with Crippen LogP contribution >= 0.6 is 31.9 Å². The molecule has 0 saturated heterocycles. The van der Waals surface area contributed by atoms with Gasteiger partial charge < -0.3 is 9.52 Å². The molecule has 1 heterocycles. The Kier molecular flexibility index (Phi) is 2.92. The number of phenols is 1. The number of hydrogen-bond acceptors (Lipinski definition) is 2. The lowest BCUT2D eigenvalue weighted by Crippen LogP contribution is -1.75. The van der Waals surface area contributed by atoms with E-state index in [9.17, 15) is 5.11 Å². The third kappa shape index (κ3) is 2.06. The first-order valence-corrected chi connectivity index (χ1v) is 6.90. The van der Waals surface area contributed by atoms with Crippen LogP contribution in [-0.2, 0) is 0 Å². The van der Waals surface area contributed by atoms with Gasteiger partial charge in [-0.1, -0.05) is 31.9 Å². The van der Waals surface area contributed by atoms with Crippen LogP contribution in [0.4, 0.5) is 0 Å². The second-order valence-corrected chi connectivity index (χ2v) is 5.79. The third-order valence-corrected chi connectivity index (χ3v) is 3.69. The van der Waals surface area contributed by atoms with E-state index in [4.69, 9.17) is 4.42 Å². The van der Waals surface area contributed by atoms with Crippen LogP contribution in [0.3, 0.4) is 0 Å². The van der Waals surface area contributed by atoms with Crippen LogP contribution in [0.25, 0.3) is 22.3 Å². The van der Waals surface area contributed by atoms with E-state index in [1.165, 1.54) is 0 Å². The summed E-state index contributed by atoms with van der Waals surface area (Å²) in [6.07, 6.45) is 0. The van der Waals surface area contributed by atoms with E-state index in [0.717, 1.165) is 19.9 Å². The summed E-state index contributed by atoms with van der Waals surface area (Å²) < 4.78 is 7.57. The van der Waals surface area contributed by atoms with Gasteiger partial charge in [0.2, 0.25) is 0 Å². The zero-order chi connectivity index (χ0) is 12.7. The van der Waals surface area contributed by atoms with Gasteiger partial charge in [0.15, 0.2) is 0 Å². The lowest BCUT2D eigenvalue weighted by atomic mass is 10.1. The number of rotatable bonds is 1. The zero-order valence-corrected chi connectivity index (χ0v) is 12.3. The van der Waals surface area contributed by atoms with Gasteiger partial charge in [-0.25, -0.2) is 0 Å². The van der Waals surface area contributed by atoms with Crippen molar-refractivity contribution in [3.05, 3.63) is 51.4 Å². The maximum absolute atomic E-state index is 9.93. The number of fused-ring (bicyclic) bond motifs is 1. The van der Waals surface area contributed by atoms with E-state index in [0.29, 0.717) is 11.3 Å². The summed E-state index contributed by atoms with van der Waals surface area (Å²) in [4.78, 5) is 0. The molecule has 0 unspecified atom stereocenters. The SMILES string of the molecule is Oc1cc(Br)ccc1-c1cc2cc(Br)ccc2o1. The van der Waals surface area contributed by atoms with Crippen LogP contribution < -0.4 is 0 Å². The molecule has 18 heavy (non-hydrogen) atoms. The summed E-state index contributed by atoms with van der Waals surface area (Å²) in [6.45, 7) is 0. The molecule has 4 heteroatoms.